The Bertz CT molecular complexity index is 457. The Morgan fingerprint density at radius 2 is 1.95 bits per heavy atom. The van der Waals surface area contributed by atoms with Crippen LogP contribution in [0.5, 0.6) is 0 Å². The summed E-state index contributed by atoms with van der Waals surface area (Å²) in [5.41, 5.74) is -1.13. The first kappa shape index (κ1) is 19.1. The third-order valence-corrected chi connectivity index (χ3v) is 5.21. The fourth-order valence-corrected chi connectivity index (χ4v) is 2.74. The number of nitrogens with zero attached hydrogens (tertiary/aromatic N) is 1. The summed E-state index contributed by atoms with van der Waals surface area (Å²) in [7, 11) is -0.434. The normalized spacial score (nSPS) is 17.2. The van der Waals surface area contributed by atoms with Gasteiger partial charge in [0, 0.05) is 19.8 Å². The molecule has 0 saturated heterocycles. The minimum Gasteiger partial charge on any atom is -0.477 e. The van der Waals surface area contributed by atoms with Crippen LogP contribution < -0.4 is 0 Å². The zero-order valence-corrected chi connectivity index (χ0v) is 13.5. The molecule has 0 aliphatic heterocycles. The second kappa shape index (κ2) is 6.69. The van der Waals surface area contributed by atoms with E-state index in [2.05, 4.69) is 6.58 Å². The molecule has 2 atom stereocenters. The van der Waals surface area contributed by atoms with Crippen LogP contribution in [0.15, 0.2) is 12.7 Å². The summed E-state index contributed by atoms with van der Waals surface area (Å²) in [6, 6.07) is 0.0272. The van der Waals surface area contributed by atoms with Crippen molar-refractivity contribution < 1.29 is 27.4 Å². The van der Waals surface area contributed by atoms with Gasteiger partial charge in [0.05, 0.1) is 25.9 Å². The van der Waals surface area contributed by atoms with Crippen molar-refractivity contribution in [1.82, 2.24) is 0 Å². The molecule has 0 amide bonds. The number of quaternary nitrogens is 1. The molecule has 0 aromatic carbocycles. The zero-order valence-electron chi connectivity index (χ0n) is 12.7. The van der Waals surface area contributed by atoms with E-state index in [0.717, 1.165) is 0 Å². The Morgan fingerprint density at radius 3 is 2.30 bits per heavy atom. The van der Waals surface area contributed by atoms with Crippen molar-refractivity contribution in [2.45, 2.75) is 44.7 Å². The second-order valence-electron chi connectivity index (χ2n) is 5.88. The molecule has 0 spiro atoms. The van der Waals surface area contributed by atoms with Crippen molar-refractivity contribution in [2.24, 2.45) is 0 Å². The summed E-state index contributed by atoms with van der Waals surface area (Å²) in [6.07, 6.45) is 2.67. The van der Waals surface area contributed by atoms with Crippen LogP contribution in [0.4, 0.5) is 0 Å². The van der Waals surface area contributed by atoms with E-state index < -0.39 is 27.4 Å². The van der Waals surface area contributed by atoms with Crippen molar-refractivity contribution in [2.75, 3.05) is 19.8 Å². The average molecular weight is 308 g/mol. The third kappa shape index (κ3) is 4.57. The number of aliphatic carboxylic acids is 1. The molecule has 0 radical (unpaired) electrons. The van der Waals surface area contributed by atoms with E-state index >= 15 is 0 Å². The lowest BCUT2D eigenvalue weighted by Gasteiger charge is -2.47. The van der Waals surface area contributed by atoms with E-state index in [9.17, 15) is 18.3 Å². The van der Waals surface area contributed by atoms with Gasteiger partial charge in [0.25, 0.3) is 10.1 Å². The molecule has 0 aliphatic rings. The lowest BCUT2D eigenvalue weighted by atomic mass is 9.89. The molecule has 0 aromatic heterocycles. The van der Waals surface area contributed by atoms with Crippen LogP contribution in [0.3, 0.4) is 0 Å². The largest absolute Gasteiger partial charge is 0.477 e. The van der Waals surface area contributed by atoms with E-state index in [1.165, 1.54) is 0 Å². The minimum absolute atomic E-state index is 0.0272. The molecular weight excluding hydrogens is 282 g/mol. The van der Waals surface area contributed by atoms with Crippen LogP contribution in [0.1, 0.15) is 33.1 Å². The highest BCUT2D eigenvalue weighted by Gasteiger charge is 2.50. The van der Waals surface area contributed by atoms with Gasteiger partial charge in [-0.3, -0.25) is 4.55 Å². The topological polar surface area (TPSA) is 91.7 Å². The van der Waals surface area contributed by atoms with Crippen LogP contribution in [0, 0.1) is 0 Å². The maximum absolute atomic E-state index is 11.7. The van der Waals surface area contributed by atoms with E-state index in [1.54, 1.807) is 13.0 Å². The summed E-state index contributed by atoms with van der Waals surface area (Å²) in [5.74, 6) is -1.40. The molecule has 7 heteroatoms. The summed E-state index contributed by atoms with van der Waals surface area (Å²) in [6.45, 7) is 7.21. The lowest BCUT2D eigenvalue weighted by Crippen LogP contribution is -2.66. The average Bonchev–Trinajstić information content (AvgIpc) is 2.26. The SMILES string of the molecule is C=CCC(C)[N+](C)(C)C(C)(CCCS(=O)(=O)O)C(=O)O. The molecule has 0 aromatic rings. The maximum atomic E-state index is 11.7. The molecule has 0 bridgehead atoms. The standard InChI is InChI=1S/C13H25NO5S/c1-6-8-11(2)14(4,5)13(3,12(15)16)9-7-10-20(17,18)19/h6,11H,1,7-10H2,2-5H3,(H-,15,16,17,18,19)/p+1. The Morgan fingerprint density at radius 1 is 1.45 bits per heavy atom. The zero-order chi connectivity index (χ0) is 16.2. The first-order valence-electron chi connectivity index (χ1n) is 6.51. The number of likely N-dealkylation sites (N-methyl/N-ethyl adjacent to an activating group) is 1. The molecule has 0 fully saturated rings. The van der Waals surface area contributed by atoms with E-state index in [0.29, 0.717) is 6.42 Å². The van der Waals surface area contributed by atoms with E-state index in [-0.39, 0.29) is 23.4 Å². The fraction of sp³-hybridized carbons (Fsp3) is 0.769. The molecular formula is C13H26NO5S+. The highest BCUT2D eigenvalue weighted by atomic mass is 32.2. The van der Waals surface area contributed by atoms with Crippen molar-refractivity contribution in [3.05, 3.63) is 12.7 Å². The summed E-state index contributed by atoms with van der Waals surface area (Å²) >= 11 is 0. The lowest BCUT2D eigenvalue weighted by molar-refractivity contribution is -0.951. The van der Waals surface area contributed by atoms with Gasteiger partial charge in [-0.1, -0.05) is 6.08 Å². The first-order chi connectivity index (χ1) is 8.88. The Kier molecular flexibility index (Phi) is 6.38. The molecule has 0 saturated carbocycles. The first-order valence-corrected chi connectivity index (χ1v) is 8.12. The van der Waals surface area contributed by atoms with Gasteiger partial charge in [-0.15, -0.1) is 6.58 Å². The van der Waals surface area contributed by atoms with Crippen molar-refractivity contribution in [3.8, 4) is 0 Å². The summed E-state index contributed by atoms with van der Waals surface area (Å²) in [5, 5.41) is 9.56. The van der Waals surface area contributed by atoms with E-state index in [4.69, 9.17) is 4.55 Å². The summed E-state index contributed by atoms with van der Waals surface area (Å²) in [4.78, 5) is 11.7. The molecule has 20 heavy (non-hydrogen) atoms. The number of carbonyl (C=O) groups is 1. The molecule has 2 N–H and O–H groups in total. The quantitative estimate of drug-likeness (QED) is 0.383. The highest BCUT2D eigenvalue weighted by Crippen LogP contribution is 2.31. The number of rotatable bonds is 9. The van der Waals surface area contributed by atoms with Crippen molar-refractivity contribution in [1.29, 1.82) is 0 Å². The van der Waals surface area contributed by atoms with Crippen LogP contribution in [0.2, 0.25) is 0 Å². The van der Waals surface area contributed by atoms with Crippen molar-refractivity contribution >= 4 is 16.1 Å². The Labute approximate surface area is 121 Å². The van der Waals surface area contributed by atoms with Crippen molar-refractivity contribution in [3.63, 3.8) is 0 Å². The smallest absolute Gasteiger partial charge is 0.365 e. The summed E-state index contributed by atoms with van der Waals surface area (Å²) < 4.78 is 30.5. The van der Waals surface area contributed by atoms with Gasteiger partial charge in [0.15, 0.2) is 5.54 Å². The maximum Gasteiger partial charge on any atom is 0.365 e. The van der Waals surface area contributed by atoms with Gasteiger partial charge in [0.2, 0.25) is 0 Å². The van der Waals surface area contributed by atoms with Gasteiger partial charge in [-0.2, -0.15) is 8.42 Å². The molecule has 0 aliphatic carbocycles. The molecule has 0 rings (SSSR count). The van der Waals surface area contributed by atoms with Gasteiger partial charge >= 0.3 is 5.97 Å². The van der Waals surface area contributed by atoms with Gasteiger partial charge < -0.3 is 9.59 Å². The predicted molar refractivity (Wildman–Crippen MR) is 78.1 cm³/mol. The Balaban J connectivity index is 5.18. The van der Waals surface area contributed by atoms with Crippen LogP contribution in [-0.2, 0) is 14.9 Å². The van der Waals surface area contributed by atoms with Gasteiger partial charge in [-0.05, 0) is 13.3 Å². The minimum atomic E-state index is -4.06. The van der Waals surface area contributed by atoms with Crippen LogP contribution >= 0.6 is 0 Å². The third-order valence-electron chi connectivity index (χ3n) is 4.41. The molecule has 0 heterocycles. The van der Waals surface area contributed by atoms with Crippen LogP contribution in [0.25, 0.3) is 0 Å². The number of hydrogen-bond donors (Lipinski definition) is 2. The number of carboxylic acids is 1. The number of hydrogen-bond acceptors (Lipinski definition) is 3. The van der Waals surface area contributed by atoms with E-state index in [1.807, 2.05) is 21.0 Å². The fourth-order valence-electron chi connectivity index (χ4n) is 2.23. The van der Waals surface area contributed by atoms with Gasteiger partial charge in [-0.25, -0.2) is 4.79 Å². The van der Waals surface area contributed by atoms with Gasteiger partial charge in [0.1, 0.15) is 0 Å². The highest BCUT2D eigenvalue weighted by molar-refractivity contribution is 7.85. The Hall–Kier alpha value is -0.920. The molecule has 6 nitrogen and oxygen atoms in total. The second-order valence-corrected chi connectivity index (χ2v) is 7.45. The monoisotopic (exact) mass is 308 g/mol. The molecule has 2 unspecified atom stereocenters. The predicted octanol–water partition coefficient (Wildman–Crippen LogP) is 1.54. The number of carboxylic acid groups (broad SMARTS) is 1. The molecule has 118 valence electrons. The van der Waals surface area contributed by atoms with Crippen LogP contribution in [-0.4, -0.2) is 60.0 Å².